The molecule has 0 unspecified atom stereocenters. The van der Waals surface area contributed by atoms with Gasteiger partial charge >= 0.3 is 0 Å². The number of Topliss-reactive ketones (excluding diaryl/α,β-unsaturated/α-hetero) is 1. The Morgan fingerprint density at radius 2 is 1.93 bits per heavy atom. The van der Waals surface area contributed by atoms with E-state index < -0.39 is 0 Å². The number of carbonyl (C=O) groups excluding carboxylic acids is 1. The van der Waals surface area contributed by atoms with Crippen molar-refractivity contribution >= 4 is 5.78 Å². The second kappa shape index (κ2) is 6.26. The predicted octanol–water partition coefficient (Wildman–Crippen LogP) is 3.34. The summed E-state index contributed by atoms with van der Waals surface area (Å²) in [7, 11) is 0. The van der Waals surface area contributed by atoms with Gasteiger partial charge in [0, 0.05) is 5.92 Å². The zero-order valence-corrected chi connectivity index (χ0v) is 10.3. The van der Waals surface area contributed by atoms with E-state index in [-0.39, 0.29) is 17.8 Å². The van der Waals surface area contributed by atoms with Crippen LogP contribution in [0.15, 0.2) is 0 Å². The number of hydrogen-bond donors (Lipinski definition) is 0. The lowest BCUT2D eigenvalue weighted by atomic mass is 10.0. The summed E-state index contributed by atoms with van der Waals surface area (Å²) >= 11 is 0. The molecule has 1 atom stereocenters. The van der Waals surface area contributed by atoms with Crippen LogP contribution in [-0.4, -0.2) is 18.0 Å². The smallest absolute Gasteiger partial charge is 0.164 e. The normalized spacial score (nSPS) is 19.7. The lowest BCUT2D eigenvalue weighted by Gasteiger charge is -2.22. The van der Waals surface area contributed by atoms with Crippen molar-refractivity contribution in [1.29, 1.82) is 0 Å². The average molecular weight is 212 g/mol. The molecule has 1 rings (SSSR count). The van der Waals surface area contributed by atoms with E-state index >= 15 is 0 Å². The number of ketones is 1. The molecule has 0 bridgehead atoms. The fourth-order valence-corrected chi connectivity index (χ4v) is 2.17. The Balaban J connectivity index is 2.45. The molecule has 0 amide bonds. The first-order valence-electron chi connectivity index (χ1n) is 6.34. The Labute approximate surface area is 93.4 Å². The number of hydrogen-bond acceptors (Lipinski definition) is 2. The topological polar surface area (TPSA) is 26.3 Å². The minimum Gasteiger partial charge on any atom is -0.367 e. The Morgan fingerprint density at radius 3 is 2.40 bits per heavy atom. The molecule has 2 nitrogen and oxygen atoms in total. The molecule has 0 heterocycles. The number of ether oxygens (including phenoxy) is 1. The van der Waals surface area contributed by atoms with Gasteiger partial charge in [-0.1, -0.05) is 40.0 Å². The van der Waals surface area contributed by atoms with E-state index in [1.807, 2.05) is 13.8 Å². The molecular weight excluding hydrogens is 188 g/mol. The van der Waals surface area contributed by atoms with E-state index in [1.54, 1.807) is 0 Å². The van der Waals surface area contributed by atoms with Crippen molar-refractivity contribution < 1.29 is 9.53 Å². The molecule has 1 aliphatic rings. The highest BCUT2D eigenvalue weighted by atomic mass is 16.5. The number of rotatable bonds is 6. The SMILES string of the molecule is CCC[C@H](OC1CCCC1)C(=O)C(C)C. The van der Waals surface area contributed by atoms with E-state index in [4.69, 9.17) is 4.74 Å². The molecule has 0 N–H and O–H groups in total. The molecule has 0 aromatic carbocycles. The van der Waals surface area contributed by atoms with Gasteiger partial charge in [0.1, 0.15) is 6.10 Å². The van der Waals surface area contributed by atoms with Crippen LogP contribution in [0.2, 0.25) is 0 Å². The van der Waals surface area contributed by atoms with E-state index in [9.17, 15) is 4.79 Å². The quantitative estimate of drug-likeness (QED) is 0.675. The van der Waals surface area contributed by atoms with Gasteiger partial charge in [0.2, 0.25) is 0 Å². The van der Waals surface area contributed by atoms with Gasteiger partial charge in [0.15, 0.2) is 5.78 Å². The Kier molecular flexibility index (Phi) is 5.30. The van der Waals surface area contributed by atoms with Crippen LogP contribution in [0.5, 0.6) is 0 Å². The molecule has 1 fully saturated rings. The van der Waals surface area contributed by atoms with Crippen LogP contribution in [0.1, 0.15) is 59.3 Å². The summed E-state index contributed by atoms with van der Waals surface area (Å²) in [4.78, 5) is 11.9. The highest BCUT2D eigenvalue weighted by molar-refractivity contribution is 5.84. The molecule has 1 aliphatic carbocycles. The van der Waals surface area contributed by atoms with Crippen molar-refractivity contribution in [3.05, 3.63) is 0 Å². The van der Waals surface area contributed by atoms with Gasteiger partial charge in [0.05, 0.1) is 6.10 Å². The van der Waals surface area contributed by atoms with Crippen molar-refractivity contribution in [2.45, 2.75) is 71.5 Å². The van der Waals surface area contributed by atoms with Gasteiger partial charge in [-0.3, -0.25) is 4.79 Å². The molecule has 0 spiro atoms. The molecule has 88 valence electrons. The maximum atomic E-state index is 11.9. The van der Waals surface area contributed by atoms with Crippen LogP contribution in [0, 0.1) is 5.92 Å². The van der Waals surface area contributed by atoms with E-state index in [0.717, 1.165) is 25.7 Å². The summed E-state index contributed by atoms with van der Waals surface area (Å²) in [6.45, 7) is 6.03. The van der Waals surface area contributed by atoms with E-state index in [0.29, 0.717) is 6.10 Å². The van der Waals surface area contributed by atoms with Gasteiger partial charge < -0.3 is 4.74 Å². The second-order valence-corrected chi connectivity index (χ2v) is 4.88. The molecule has 0 aliphatic heterocycles. The first kappa shape index (κ1) is 12.7. The van der Waals surface area contributed by atoms with Gasteiger partial charge in [-0.25, -0.2) is 0 Å². The van der Waals surface area contributed by atoms with Crippen LogP contribution in [-0.2, 0) is 9.53 Å². The van der Waals surface area contributed by atoms with E-state index in [1.165, 1.54) is 12.8 Å². The summed E-state index contributed by atoms with van der Waals surface area (Å²) in [6, 6.07) is 0. The maximum Gasteiger partial charge on any atom is 0.164 e. The van der Waals surface area contributed by atoms with Gasteiger partial charge in [0.25, 0.3) is 0 Å². The first-order chi connectivity index (χ1) is 7.15. The van der Waals surface area contributed by atoms with Crippen LogP contribution in [0.4, 0.5) is 0 Å². The standard InChI is InChI=1S/C13H24O2/c1-4-7-12(13(14)10(2)3)15-11-8-5-6-9-11/h10-12H,4-9H2,1-3H3/t12-/m0/s1. The molecule has 0 aromatic rings. The second-order valence-electron chi connectivity index (χ2n) is 4.88. The Hall–Kier alpha value is -0.370. The van der Waals surface area contributed by atoms with E-state index in [2.05, 4.69) is 6.92 Å². The van der Waals surface area contributed by atoms with Gasteiger partial charge in [-0.2, -0.15) is 0 Å². The minimum absolute atomic E-state index is 0.1000. The highest BCUT2D eigenvalue weighted by Gasteiger charge is 2.26. The van der Waals surface area contributed by atoms with Crippen molar-refractivity contribution in [3.63, 3.8) is 0 Å². The third-order valence-corrected chi connectivity index (χ3v) is 3.10. The molecular formula is C13H24O2. The lowest BCUT2D eigenvalue weighted by molar-refractivity contribution is -0.138. The summed E-state index contributed by atoms with van der Waals surface area (Å²) < 4.78 is 5.93. The molecule has 2 heteroatoms. The zero-order valence-electron chi connectivity index (χ0n) is 10.3. The van der Waals surface area contributed by atoms with Crippen molar-refractivity contribution in [3.8, 4) is 0 Å². The molecule has 0 radical (unpaired) electrons. The Bertz CT molecular complexity index is 193. The highest BCUT2D eigenvalue weighted by Crippen LogP contribution is 2.24. The Morgan fingerprint density at radius 1 is 1.33 bits per heavy atom. The zero-order chi connectivity index (χ0) is 11.3. The number of carbonyl (C=O) groups is 1. The van der Waals surface area contributed by atoms with Crippen LogP contribution in [0.25, 0.3) is 0 Å². The van der Waals surface area contributed by atoms with Crippen molar-refractivity contribution in [1.82, 2.24) is 0 Å². The third-order valence-electron chi connectivity index (χ3n) is 3.10. The molecule has 1 saturated carbocycles. The summed E-state index contributed by atoms with van der Waals surface area (Å²) in [5, 5.41) is 0. The van der Waals surface area contributed by atoms with Crippen LogP contribution in [0.3, 0.4) is 0 Å². The summed E-state index contributed by atoms with van der Waals surface area (Å²) in [6.07, 6.45) is 6.93. The molecule has 0 aromatic heterocycles. The maximum absolute atomic E-state index is 11.9. The first-order valence-corrected chi connectivity index (χ1v) is 6.34. The summed E-state index contributed by atoms with van der Waals surface area (Å²) in [5.74, 6) is 0.381. The fraction of sp³-hybridized carbons (Fsp3) is 0.923. The molecule has 15 heavy (non-hydrogen) atoms. The average Bonchev–Trinajstić information content (AvgIpc) is 2.68. The van der Waals surface area contributed by atoms with Crippen molar-refractivity contribution in [2.24, 2.45) is 5.92 Å². The lowest BCUT2D eigenvalue weighted by Crippen LogP contribution is -2.31. The van der Waals surface area contributed by atoms with Crippen LogP contribution >= 0.6 is 0 Å². The monoisotopic (exact) mass is 212 g/mol. The summed E-state index contributed by atoms with van der Waals surface area (Å²) in [5.41, 5.74) is 0. The van der Waals surface area contributed by atoms with Gasteiger partial charge in [-0.15, -0.1) is 0 Å². The predicted molar refractivity (Wildman–Crippen MR) is 61.9 cm³/mol. The minimum atomic E-state index is -0.141. The van der Waals surface area contributed by atoms with Gasteiger partial charge in [-0.05, 0) is 19.3 Å². The van der Waals surface area contributed by atoms with Crippen LogP contribution < -0.4 is 0 Å². The fourth-order valence-electron chi connectivity index (χ4n) is 2.17. The van der Waals surface area contributed by atoms with Crippen molar-refractivity contribution in [2.75, 3.05) is 0 Å². The third kappa shape index (κ3) is 3.94. The largest absolute Gasteiger partial charge is 0.367 e. The molecule has 0 saturated heterocycles.